The van der Waals surface area contributed by atoms with Crippen molar-refractivity contribution in [3.63, 3.8) is 0 Å². The molecule has 0 N–H and O–H groups in total. The van der Waals surface area contributed by atoms with Gasteiger partial charge in [-0.05, 0) is 69.4 Å². The van der Waals surface area contributed by atoms with Crippen molar-refractivity contribution in [2.24, 2.45) is 0 Å². The smallest absolute Gasteiger partial charge is 0.254 e. The normalized spacial score (nSPS) is 14.8. The molecular weight excluding hydrogens is 451 g/mol. The predicted octanol–water partition coefficient (Wildman–Crippen LogP) is 4.89. The van der Waals surface area contributed by atoms with E-state index in [0.717, 1.165) is 62.2 Å². The molecule has 1 aliphatic heterocycles. The lowest BCUT2D eigenvalue weighted by Gasteiger charge is -2.34. The van der Waals surface area contributed by atoms with Crippen molar-refractivity contribution in [2.75, 3.05) is 53.4 Å². The molecule has 1 amide bonds. The first-order valence-electron chi connectivity index (χ1n) is 12.9. The van der Waals surface area contributed by atoms with Gasteiger partial charge in [-0.2, -0.15) is 0 Å². The topological polar surface area (TPSA) is 31.7 Å². The number of piperazine rings is 1. The quantitative estimate of drug-likeness (QED) is 0.356. The molecule has 188 valence electrons. The van der Waals surface area contributed by atoms with Crippen LogP contribution in [0, 0.1) is 5.82 Å². The Balaban J connectivity index is 1.28. The number of fused-ring (bicyclic) bond motifs is 3. The van der Waals surface area contributed by atoms with Crippen LogP contribution in [0.25, 0.3) is 21.8 Å². The summed E-state index contributed by atoms with van der Waals surface area (Å²) in [6, 6.07) is 21.5. The summed E-state index contributed by atoms with van der Waals surface area (Å²) in [6.45, 7) is 5.93. The number of hydrogen-bond donors (Lipinski definition) is 0. The molecule has 2 heterocycles. The molecule has 3 aromatic carbocycles. The van der Waals surface area contributed by atoms with Crippen LogP contribution in [-0.4, -0.2) is 78.5 Å². The molecule has 5 nitrogen and oxygen atoms in total. The summed E-state index contributed by atoms with van der Waals surface area (Å²) < 4.78 is 15.8. The lowest BCUT2D eigenvalue weighted by Crippen LogP contribution is -2.49. The number of nitrogens with zero attached hydrogens (tertiary/aromatic N) is 4. The van der Waals surface area contributed by atoms with Gasteiger partial charge in [0, 0.05) is 66.6 Å². The highest BCUT2D eigenvalue weighted by molar-refractivity contribution is 6.10. The molecule has 0 unspecified atom stereocenters. The Kier molecular flexibility index (Phi) is 7.35. The van der Waals surface area contributed by atoms with Gasteiger partial charge in [-0.3, -0.25) is 9.69 Å². The zero-order valence-electron chi connectivity index (χ0n) is 21.3. The van der Waals surface area contributed by atoms with E-state index in [1.807, 2.05) is 17.0 Å². The van der Waals surface area contributed by atoms with E-state index in [-0.39, 0.29) is 11.7 Å². The van der Waals surface area contributed by atoms with Crippen LogP contribution in [0.1, 0.15) is 22.3 Å². The number of para-hydroxylation sites is 1. The molecule has 0 bridgehead atoms. The lowest BCUT2D eigenvalue weighted by atomic mass is 10.1. The third-order valence-corrected chi connectivity index (χ3v) is 7.27. The predicted molar refractivity (Wildman–Crippen MR) is 145 cm³/mol. The summed E-state index contributed by atoms with van der Waals surface area (Å²) >= 11 is 0. The Morgan fingerprint density at radius 2 is 1.64 bits per heavy atom. The molecule has 5 rings (SSSR count). The minimum absolute atomic E-state index is 0.103. The second-order valence-electron chi connectivity index (χ2n) is 10.1. The van der Waals surface area contributed by atoms with Gasteiger partial charge in [0.15, 0.2) is 0 Å². The number of halogens is 1. The van der Waals surface area contributed by atoms with Crippen LogP contribution in [0.3, 0.4) is 0 Å². The van der Waals surface area contributed by atoms with Crippen LogP contribution < -0.4 is 0 Å². The molecule has 0 radical (unpaired) electrons. The summed E-state index contributed by atoms with van der Waals surface area (Å²) in [4.78, 5) is 20.0. The summed E-state index contributed by atoms with van der Waals surface area (Å²) in [6.07, 6.45) is 1.87. The van der Waals surface area contributed by atoms with Crippen LogP contribution in [0.4, 0.5) is 4.39 Å². The number of hydrogen-bond acceptors (Lipinski definition) is 3. The second kappa shape index (κ2) is 10.8. The van der Waals surface area contributed by atoms with Crippen LogP contribution in [0.5, 0.6) is 0 Å². The first-order chi connectivity index (χ1) is 17.5. The van der Waals surface area contributed by atoms with Gasteiger partial charge in [0.25, 0.3) is 5.91 Å². The molecule has 4 aromatic rings. The van der Waals surface area contributed by atoms with Crippen molar-refractivity contribution < 1.29 is 9.18 Å². The highest BCUT2D eigenvalue weighted by atomic mass is 19.1. The summed E-state index contributed by atoms with van der Waals surface area (Å²) in [5.74, 6) is -0.0802. The van der Waals surface area contributed by atoms with Crippen molar-refractivity contribution in [1.82, 2.24) is 19.3 Å². The number of rotatable bonds is 8. The number of amides is 1. The van der Waals surface area contributed by atoms with E-state index in [0.29, 0.717) is 13.1 Å². The fourth-order valence-electron chi connectivity index (χ4n) is 5.31. The molecule has 0 aliphatic carbocycles. The summed E-state index contributed by atoms with van der Waals surface area (Å²) in [5, 5.41) is 2.44. The first kappa shape index (κ1) is 24.5. The molecule has 1 aromatic heterocycles. The third kappa shape index (κ3) is 5.30. The third-order valence-electron chi connectivity index (χ3n) is 7.27. The maximum atomic E-state index is 13.4. The van der Waals surface area contributed by atoms with E-state index >= 15 is 0 Å². The standard InChI is InChI=1S/C30H35FN4O/c1-32(2)14-6-15-35-28-10-4-3-9-26(28)27-12-11-24(22-29(27)35)30(36)34-19-17-33(18-20-34)16-13-23-7-5-8-25(31)21-23/h3-5,7-12,21-22H,6,13-20H2,1-2H3. The molecule has 0 atom stereocenters. The second-order valence-corrected chi connectivity index (χ2v) is 10.1. The summed E-state index contributed by atoms with van der Waals surface area (Å²) in [5.41, 5.74) is 4.13. The van der Waals surface area contributed by atoms with Gasteiger partial charge in [0.05, 0.1) is 0 Å². The van der Waals surface area contributed by atoms with E-state index < -0.39 is 0 Å². The number of carbonyl (C=O) groups is 1. The van der Waals surface area contributed by atoms with Crippen molar-refractivity contribution in [1.29, 1.82) is 0 Å². The molecule has 1 aliphatic rings. The fraction of sp³-hybridized carbons (Fsp3) is 0.367. The van der Waals surface area contributed by atoms with Crippen molar-refractivity contribution in [3.8, 4) is 0 Å². The number of benzene rings is 3. The van der Waals surface area contributed by atoms with Gasteiger partial charge in [0.1, 0.15) is 5.82 Å². The highest BCUT2D eigenvalue weighted by Crippen LogP contribution is 2.30. The van der Waals surface area contributed by atoms with Gasteiger partial charge in [0.2, 0.25) is 0 Å². The zero-order valence-corrected chi connectivity index (χ0v) is 21.3. The number of aromatic nitrogens is 1. The van der Waals surface area contributed by atoms with Crippen LogP contribution in [-0.2, 0) is 13.0 Å². The van der Waals surface area contributed by atoms with E-state index in [9.17, 15) is 9.18 Å². The fourth-order valence-corrected chi connectivity index (χ4v) is 5.31. The van der Waals surface area contributed by atoms with Crippen molar-refractivity contribution >= 4 is 27.7 Å². The van der Waals surface area contributed by atoms with Gasteiger partial charge < -0.3 is 14.4 Å². The van der Waals surface area contributed by atoms with Gasteiger partial charge in [-0.25, -0.2) is 4.39 Å². The minimum atomic E-state index is -0.184. The highest BCUT2D eigenvalue weighted by Gasteiger charge is 2.23. The molecule has 0 saturated carbocycles. The average Bonchev–Trinajstić information content (AvgIpc) is 3.20. The average molecular weight is 487 g/mol. The van der Waals surface area contributed by atoms with E-state index in [4.69, 9.17) is 0 Å². The van der Waals surface area contributed by atoms with Crippen LogP contribution in [0.2, 0.25) is 0 Å². The van der Waals surface area contributed by atoms with Crippen molar-refractivity contribution in [2.45, 2.75) is 19.4 Å². The van der Waals surface area contributed by atoms with E-state index in [1.165, 1.54) is 22.4 Å². The Morgan fingerprint density at radius 1 is 0.861 bits per heavy atom. The first-order valence-corrected chi connectivity index (χ1v) is 12.9. The Bertz CT molecular complexity index is 1350. The Morgan fingerprint density at radius 3 is 2.42 bits per heavy atom. The van der Waals surface area contributed by atoms with E-state index in [1.54, 1.807) is 12.1 Å². The van der Waals surface area contributed by atoms with Gasteiger partial charge >= 0.3 is 0 Å². The van der Waals surface area contributed by atoms with Crippen molar-refractivity contribution in [3.05, 3.63) is 83.7 Å². The summed E-state index contributed by atoms with van der Waals surface area (Å²) in [7, 11) is 4.20. The number of aryl methyl sites for hydroxylation is 1. The molecule has 1 fully saturated rings. The van der Waals surface area contributed by atoms with E-state index in [2.05, 4.69) is 64.9 Å². The molecular formula is C30H35FN4O. The van der Waals surface area contributed by atoms with Crippen LogP contribution >= 0.6 is 0 Å². The van der Waals surface area contributed by atoms with Crippen LogP contribution in [0.15, 0.2) is 66.7 Å². The Hall–Kier alpha value is -3.22. The Labute approximate surface area is 212 Å². The molecule has 36 heavy (non-hydrogen) atoms. The number of carbonyl (C=O) groups excluding carboxylic acids is 1. The molecule has 1 saturated heterocycles. The maximum Gasteiger partial charge on any atom is 0.254 e. The monoisotopic (exact) mass is 486 g/mol. The SMILES string of the molecule is CN(C)CCCn1c2ccccc2c2ccc(C(=O)N3CCN(CCc4cccc(F)c4)CC3)cc21. The van der Waals surface area contributed by atoms with Gasteiger partial charge in [-0.1, -0.05) is 36.4 Å². The largest absolute Gasteiger partial charge is 0.340 e. The molecule has 0 spiro atoms. The zero-order chi connectivity index (χ0) is 25.1. The molecule has 6 heteroatoms. The van der Waals surface area contributed by atoms with Gasteiger partial charge in [-0.15, -0.1) is 0 Å². The maximum absolute atomic E-state index is 13.4. The minimum Gasteiger partial charge on any atom is -0.340 e. The lowest BCUT2D eigenvalue weighted by molar-refractivity contribution is 0.0638.